The number of carboxylic acid groups (broad SMARTS) is 1. The van der Waals surface area contributed by atoms with E-state index in [1.54, 1.807) is 24.3 Å². The van der Waals surface area contributed by atoms with E-state index >= 15 is 0 Å². The first-order valence-corrected chi connectivity index (χ1v) is 8.85. The number of benzene rings is 2. The summed E-state index contributed by atoms with van der Waals surface area (Å²) in [7, 11) is 0. The van der Waals surface area contributed by atoms with Crippen LogP contribution >= 0.6 is 0 Å². The molecule has 5 nitrogen and oxygen atoms in total. The third-order valence-corrected chi connectivity index (χ3v) is 4.54. The van der Waals surface area contributed by atoms with Gasteiger partial charge in [0.2, 0.25) is 0 Å². The lowest BCUT2D eigenvalue weighted by Crippen LogP contribution is -2.22. The molecule has 1 saturated carbocycles. The van der Waals surface area contributed by atoms with Crippen LogP contribution in [-0.4, -0.2) is 17.7 Å². The molecule has 0 aromatic heterocycles. The number of aryl methyl sites for hydroxylation is 1. The van der Waals surface area contributed by atoms with Gasteiger partial charge in [-0.05, 0) is 67.1 Å². The van der Waals surface area contributed by atoms with Crippen LogP contribution in [0, 0.1) is 17.2 Å². The molecule has 134 valence electrons. The Hall–Kier alpha value is -3.00. The minimum absolute atomic E-state index is 0.531. The third kappa shape index (κ3) is 4.34. The molecular weight excluding hydrogens is 328 g/mol. The summed E-state index contributed by atoms with van der Waals surface area (Å²) in [5.41, 5.74) is 2.86. The Morgan fingerprint density at radius 1 is 1.31 bits per heavy atom. The molecule has 0 heterocycles. The topological polar surface area (TPSA) is 82.3 Å². The van der Waals surface area contributed by atoms with Crippen LogP contribution < -0.4 is 10.1 Å². The van der Waals surface area contributed by atoms with Gasteiger partial charge in [-0.3, -0.25) is 0 Å². The van der Waals surface area contributed by atoms with Crippen molar-refractivity contribution in [3.05, 3.63) is 59.2 Å². The fourth-order valence-electron chi connectivity index (χ4n) is 2.75. The number of nitrogens with zero attached hydrogens (tertiary/aromatic N) is 1. The summed E-state index contributed by atoms with van der Waals surface area (Å²) < 4.78 is 5.92. The van der Waals surface area contributed by atoms with Crippen LogP contribution in [0.15, 0.2) is 42.5 Å². The van der Waals surface area contributed by atoms with E-state index in [1.807, 2.05) is 25.1 Å². The molecule has 1 atom stereocenters. The standard InChI is InChI=1S/C21H22N2O3/c1-2-14-7-10-19(26-13-16-3-4-16)18(11-14)20(21(24)25)23-17-8-5-15(12-22)6-9-17/h5-11,16,20,23H,2-4,13H2,1H3,(H,24,25)/t20-/m1/s1. The average molecular weight is 350 g/mol. The number of carboxylic acids is 1. The summed E-state index contributed by atoms with van der Waals surface area (Å²) in [5.74, 6) is 0.227. The van der Waals surface area contributed by atoms with Crippen molar-refractivity contribution in [1.29, 1.82) is 5.26 Å². The largest absolute Gasteiger partial charge is 0.493 e. The zero-order valence-corrected chi connectivity index (χ0v) is 14.7. The first-order chi connectivity index (χ1) is 12.6. The number of ether oxygens (including phenoxy) is 1. The number of aliphatic carboxylic acids is 1. The number of carbonyl (C=O) groups is 1. The fraction of sp³-hybridized carbons (Fsp3) is 0.333. The molecule has 0 amide bonds. The van der Waals surface area contributed by atoms with Crippen LogP contribution in [0.3, 0.4) is 0 Å². The quantitative estimate of drug-likeness (QED) is 0.747. The Balaban J connectivity index is 1.89. The van der Waals surface area contributed by atoms with Gasteiger partial charge in [0.05, 0.1) is 18.2 Å². The van der Waals surface area contributed by atoms with Crippen LogP contribution in [0.2, 0.25) is 0 Å². The second-order valence-electron chi connectivity index (χ2n) is 6.58. The first kappa shape index (κ1) is 17.8. The number of hydrogen-bond acceptors (Lipinski definition) is 4. The third-order valence-electron chi connectivity index (χ3n) is 4.54. The number of nitrogens with one attached hydrogen (secondary N) is 1. The van der Waals surface area contributed by atoms with Gasteiger partial charge >= 0.3 is 5.97 Å². The second-order valence-corrected chi connectivity index (χ2v) is 6.58. The smallest absolute Gasteiger partial charge is 0.330 e. The molecule has 1 fully saturated rings. The molecular formula is C21H22N2O3. The van der Waals surface area contributed by atoms with E-state index in [1.165, 1.54) is 12.8 Å². The van der Waals surface area contributed by atoms with Crippen LogP contribution in [0.4, 0.5) is 5.69 Å². The molecule has 5 heteroatoms. The molecule has 0 aliphatic heterocycles. The summed E-state index contributed by atoms with van der Waals surface area (Å²) in [6, 6.07) is 13.6. The predicted molar refractivity (Wildman–Crippen MR) is 99.2 cm³/mol. The van der Waals surface area contributed by atoms with Crippen molar-refractivity contribution in [2.45, 2.75) is 32.2 Å². The number of anilines is 1. The molecule has 0 bridgehead atoms. The van der Waals surface area contributed by atoms with E-state index in [4.69, 9.17) is 10.00 Å². The minimum atomic E-state index is -0.973. The molecule has 2 aromatic rings. The number of rotatable bonds is 8. The highest BCUT2D eigenvalue weighted by molar-refractivity contribution is 5.80. The lowest BCUT2D eigenvalue weighted by molar-refractivity contribution is -0.138. The second kappa shape index (κ2) is 7.92. The Bertz CT molecular complexity index is 820. The highest BCUT2D eigenvalue weighted by Crippen LogP contribution is 2.33. The Kier molecular flexibility index (Phi) is 5.43. The van der Waals surface area contributed by atoms with Crippen molar-refractivity contribution in [2.24, 2.45) is 5.92 Å². The van der Waals surface area contributed by atoms with Gasteiger partial charge in [-0.1, -0.05) is 13.0 Å². The number of hydrogen-bond donors (Lipinski definition) is 2. The Labute approximate surface area is 153 Å². The van der Waals surface area contributed by atoms with E-state index in [2.05, 4.69) is 11.4 Å². The van der Waals surface area contributed by atoms with E-state index < -0.39 is 12.0 Å². The lowest BCUT2D eigenvalue weighted by Gasteiger charge is -2.20. The van der Waals surface area contributed by atoms with E-state index in [-0.39, 0.29) is 0 Å². The fourth-order valence-corrected chi connectivity index (χ4v) is 2.75. The maximum Gasteiger partial charge on any atom is 0.330 e. The van der Waals surface area contributed by atoms with Gasteiger partial charge in [0.1, 0.15) is 5.75 Å². The lowest BCUT2D eigenvalue weighted by atomic mass is 10.0. The number of nitriles is 1. The summed E-state index contributed by atoms with van der Waals surface area (Å²) >= 11 is 0. The van der Waals surface area contributed by atoms with Crippen molar-refractivity contribution >= 4 is 11.7 Å². The summed E-state index contributed by atoms with van der Waals surface area (Å²) in [6.07, 6.45) is 3.17. The van der Waals surface area contributed by atoms with E-state index in [9.17, 15) is 9.90 Å². The monoisotopic (exact) mass is 350 g/mol. The van der Waals surface area contributed by atoms with Crippen LogP contribution in [0.25, 0.3) is 0 Å². The Morgan fingerprint density at radius 2 is 2.04 bits per heavy atom. The van der Waals surface area contributed by atoms with Crippen LogP contribution in [0.5, 0.6) is 5.75 Å². The molecule has 26 heavy (non-hydrogen) atoms. The van der Waals surface area contributed by atoms with Crippen molar-refractivity contribution in [2.75, 3.05) is 11.9 Å². The molecule has 1 aliphatic carbocycles. The predicted octanol–water partition coefficient (Wildman–Crippen LogP) is 4.15. The molecule has 2 N–H and O–H groups in total. The maximum atomic E-state index is 12.0. The van der Waals surface area contributed by atoms with E-state index in [0.29, 0.717) is 35.1 Å². The van der Waals surface area contributed by atoms with Gasteiger partial charge in [0, 0.05) is 11.3 Å². The molecule has 0 unspecified atom stereocenters. The van der Waals surface area contributed by atoms with Crippen LogP contribution in [0.1, 0.15) is 42.5 Å². The molecule has 0 spiro atoms. The highest BCUT2D eigenvalue weighted by Gasteiger charge is 2.26. The minimum Gasteiger partial charge on any atom is -0.493 e. The zero-order chi connectivity index (χ0) is 18.5. The molecule has 0 radical (unpaired) electrons. The molecule has 1 aliphatic rings. The summed E-state index contributed by atoms with van der Waals surface area (Å²) in [5, 5.41) is 21.7. The van der Waals surface area contributed by atoms with Crippen LogP contribution in [-0.2, 0) is 11.2 Å². The SMILES string of the molecule is CCc1ccc(OCC2CC2)c([C@@H](Nc2ccc(C#N)cc2)C(=O)O)c1. The molecule has 2 aromatic carbocycles. The molecule has 0 saturated heterocycles. The van der Waals surface area contributed by atoms with Gasteiger partial charge in [0.25, 0.3) is 0 Å². The Morgan fingerprint density at radius 3 is 2.62 bits per heavy atom. The van der Waals surface area contributed by atoms with Crippen molar-refractivity contribution in [3.8, 4) is 11.8 Å². The zero-order valence-electron chi connectivity index (χ0n) is 14.7. The van der Waals surface area contributed by atoms with Gasteiger partial charge in [0.15, 0.2) is 6.04 Å². The van der Waals surface area contributed by atoms with Gasteiger partial charge < -0.3 is 15.2 Å². The normalized spacial score (nSPS) is 14.3. The average Bonchev–Trinajstić information content (AvgIpc) is 3.49. The summed E-state index contributed by atoms with van der Waals surface area (Å²) in [4.78, 5) is 12.0. The first-order valence-electron chi connectivity index (χ1n) is 8.85. The van der Waals surface area contributed by atoms with Crippen molar-refractivity contribution in [3.63, 3.8) is 0 Å². The van der Waals surface area contributed by atoms with Crippen molar-refractivity contribution in [1.82, 2.24) is 0 Å². The van der Waals surface area contributed by atoms with Gasteiger partial charge in [-0.25, -0.2) is 4.79 Å². The summed E-state index contributed by atoms with van der Waals surface area (Å²) in [6.45, 7) is 2.66. The van der Waals surface area contributed by atoms with Gasteiger partial charge in [-0.2, -0.15) is 5.26 Å². The van der Waals surface area contributed by atoms with Gasteiger partial charge in [-0.15, -0.1) is 0 Å². The molecule has 3 rings (SSSR count). The highest BCUT2D eigenvalue weighted by atomic mass is 16.5. The van der Waals surface area contributed by atoms with Crippen molar-refractivity contribution < 1.29 is 14.6 Å². The van der Waals surface area contributed by atoms with E-state index in [0.717, 1.165) is 12.0 Å². The maximum absolute atomic E-state index is 12.0.